The maximum absolute atomic E-state index is 10.3. The highest BCUT2D eigenvalue weighted by Crippen LogP contribution is 2.29. The molecule has 3 aromatic rings. The van der Waals surface area contributed by atoms with Gasteiger partial charge in [0.15, 0.2) is 0 Å². The summed E-state index contributed by atoms with van der Waals surface area (Å²) in [4.78, 5) is 0. The van der Waals surface area contributed by atoms with E-state index in [2.05, 4.69) is 52.2 Å². The van der Waals surface area contributed by atoms with Crippen LogP contribution < -0.4 is 0 Å². The summed E-state index contributed by atoms with van der Waals surface area (Å²) in [5.74, 6) is 0. The number of halogens is 1. The molecule has 96 valence electrons. The highest BCUT2D eigenvalue weighted by atomic mass is 127. The molecule has 3 heteroatoms. The predicted octanol–water partition coefficient (Wildman–Crippen LogP) is 4.78. The number of aliphatic hydroxyl groups excluding tert-OH is 1. The first-order valence-corrected chi connectivity index (χ1v) is 8.08. The summed E-state index contributed by atoms with van der Waals surface area (Å²) >= 11 is 4.02. The summed E-state index contributed by atoms with van der Waals surface area (Å²) in [6.07, 6.45) is 0.236. The molecule has 3 rings (SSSR count). The normalized spacial score (nSPS) is 12.7. The number of thiophene rings is 1. The minimum atomic E-state index is -0.435. The van der Waals surface area contributed by atoms with Crippen molar-refractivity contribution in [2.75, 3.05) is 0 Å². The molecule has 0 bridgehead atoms. The van der Waals surface area contributed by atoms with Gasteiger partial charge in [-0.3, -0.25) is 0 Å². The van der Waals surface area contributed by atoms with Crippen molar-refractivity contribution in [3.63, 3.8) is 0 Å². The topological polar surface area (TPSA) is 20.2 Å². The summed E-state index contributed by atoms with van der Waals surface area (Å²) in [5.41, 5.74) is 2.21. The van der Waals surface area contributed by atoms with E-state index in [9.17, 15) is 5.11 Å². The lowest BCUT2D eigenvalue weighted by Gasteiger charge is -2.10. The first-order valence-electron chi connectivity index (χ1n) is 6.12. The van der Waals surface area contributed by atoms with Gasteiger partial charge in [0.25, 0.3) is 0 Å². The van der Waals surface area contributed by atoms with E-state index in [4.69, 9.17) is 0 Å². The van der Waals surface area contributed by atoms with Crippen LogP contribution in [-0.4, -0.2) is 5.11 Å². The van der Waals surface area contributed by atoms with Gasteiger partial charge in [0, 0.05) is 14.7 Å². The SMILES string of the molecule is OC(Cc1csc2ccccc12)c1ccc(I)cc1. The summed E-state index contributed by atoms with van der Waals surface area (Å²) in [5, 5.41) is 13.8. The predicted molar refractivity (Wildman–Crippen MR) is 89.6 cm³/mol. The molecule has 0 saturated heterocycles. The van der Waals surface area contributed by atoms with Crippen molar-refractivity contribution in [2.45, 2.75) is 12.5 Å². The summed E-state index contributed by atoms with van der Waals surface area (Å²) in [6, 6.07) is 16.4. The highest BCUT2D eigenvalue weighted by molar-refractivity contribution is 14.1. The molecular weight excluding hydrogens is 367 g/mol. The number of hydrogen-bond donors (Lipinski definition) is 1. The Morgan fingerprint density at radius 3 is 2.58 bits per heavy atom. The first-order chi connectivity index (χ1) is 9.24. The Morgan fingerprint density at radius 2 is 1.79 bits per heavy atom. The van der Waals surface area contributed by atoms with Gasteiger partial charge < -0.3 is 5.11 Å². The second-order valence-electron chi connectivity index (χ2n) is 4.53. The molecule has 0 saturated carbocycles. The second-order valence-corrected chi connectivity index (χ2v) is 6.69. The molecule has 1 unspecified atom stereocenters. The van der Waals surface area contributed by atoms with Crippen molar-refractivity contribution >= 4 is 44.0 Å². The van der Waals surface area contributed by atoms with Gasteiger partial charge in [-0.05, 0) is 62.7 Å². The Bertz CT molecular complexity index is 687. The zero-order valence-electron chi connectivity index (χ0n) is 10.2. The quantitative estimate of drug-likeness (QED) is 0.649. The number of rotatable bonds is 3. The van der Waals surface area contributed by atoms with Gasteiger partial charge in [0.05, 0.1) is 6.10 Å². The number of benzene rings is 2. The lowest BCUT2D eigenvalue weighted by atomic mass is 10.0. The van der Waals surface area contributed by atoms with Gasteiger partial charge >= 0.3 is 0 Å². The van der Waals surface area contributed by atoms with Crippen LogP contribution in [0.3, 0.4) is 0 Å². The number of fused-ring (bicyclic) bond motifs is 1. The largest absolute Gasteiger partial charge is 0.388 e. The number of aliphatic hydroxyl groups is 1. The number of hydrogen-bond acceptors (Lipinski definition) is 2. The minimum Gasteiger partial charge on any atom is -0.388 e. The molecule has 0 fully saturated rings. The van der Waals surface area contributed by atoms with E-state index >= 15 is 0 Å². The first kappa shape index (κ1) is 13.1. The third-order valence-corrected chi connectivity index (χ3v) is 4.96. The molecule has 0 aliphatic carbocycles. The van der Waals surface area contributed by atoms with E-state index in [1.54, 1.807) is 11.3 Å². The van der Waals surface area contributed by atoms with Crippen LogP contribution in [0.4, 0.5) is 0 Å². The zero-order valence-corrected chi connectivity index (χ0v) is 13.2. The van der Waals surface area contributed by atoms with E-state index in [1.807, 2.05) is 24.3 Å². The molecule has 1 aromatic heterocycles. The van der Waals surface area contributed by atoms with Gasteiger partial charge in [0.2, 0.25) is 0 Å². The van der Waals surface area contributed by atoms with Gasteiger partial charge in [-0.15, -0.1) is 11.3 Å². The standard InChI is InChI=1S/C16H13IOS/c17-13-7-5-11(6-8-13)15(18)9-12-10-19-16-4-2-1-3-14(12)16/h1-8,10,15,18H,9H2. The summed E-state index contributed by atoms with van der Waals surface area (Å²) < 4.78 is 2.47. The van der Waals surface area contributed by atoms with Gasteiger partial charge in [-0.1, -0.05) is 30.3 Å². The molecule has 1 N–H and O–H groups in total. The van der Waals surface area contributed by atoms with Crippen molar-refractivity contribution in [3.8, 4) is 0 Å². The van der Waals surface area contributed by atoms with Crippen molar-refractivity contribution in [1.82, 2.24) is 0 Å². The van der Waals surface area contributed by atoms with Crippen LogP contribution in [0.15, 0.2) is 53.9 Å². The lowest BCUT2D eigenvalue weighted by molar-refractivity contribution is 0.179. The Kier molecular flexibility index (Phi) is 3.86. The van der Waals surface area contributed by atoms with Crippen molar-refractivity contribution in [2.24, 2.45) is 0 Å². The van der Waals surface area contributed by atoms with Gasteiger partial charge in [-0.2, -0.15) is 0 Å². The summed E-state index contributed by atoms with van der Waals surface area (Å²) in [7, 11) is 0. The maximum Gasteiger partial charge on any atom is 0.0830 e. The van der Waals surface area contributed by atoms with E-state index in [0.717, 1.165) is 5.56 Å². The smallest absolute Gasteiger partial charge is 0.0830 e. The average molecular weight is 380 g/mol. The Labute approximate surface area is 130 Å². The van der Waals surface area contributed by atoms with Crippen molar-refractivity contribution in [1.29, 1.82) is 0 Å². The Balaban J connectivity index is 1.86. The lowest BCUT2D eigenvalue weighted by Crippen LogP contribution is -2.01. The molecular formula is C16H13IOS. The Morgan fingerprint density at radius 1 is 1.05 bits per heavy atom. The molecule has 2 aromatic carbocycles. The molecule has 0 aliphatic rings. The van der Waals surface area contributed by atoms with Crippen LogP contribution in [0, 0.1) is 3.57 Å². The van der Waals surface area contributed by atoms with Crippen LogP contribution in [-0.2, 0) is 6.42 Å². The molecule has 1 atom stereocenters. The fraction of sp³-hybridized carbons (Fsp3) is 0.125. The van der Waals surface area contributed by atoms with Crippen molar-refractivity contribution in [3.05, 3.63) is 68.6 Å². The monoisotopic (exact) mass is 380 g/mol. The van der Waals surface area contributed by atoms with Gasteiger partial charge in [-0.25, -0.2) is 0 Å². The molecule has 0 amide bonds. The molecule has 0 spiro atoms. The van der Waals surface area contributed by atoms with Crippen LogP contribution in [0.25, 0.3) is 10.1 Å². The van der Waals surface area contributed by atoms with E-state index in [-0.39, 0.29) is 0 Å². The van der Waals surface area contributed by atoms with E-state index in [1.165, 1.54) is 19.2 Å². The fourth-order valence-corrected chi connectivity index (χ4v) is 3.54. The average Bonchev–Trinajstić information content (AvgIpc) is 2.83. The molecule has 1 heterocycles. The second kappa shape index (κ2) is 5.61. The Hall–Kier alpha value is -0.910. The van der Waals surface area contributed by atoms with Crippen LogP contribution in [0.5, 0.6) is 0 Å². The van der Waals surface area contributed by atoms with E-state index in [0.29, 0.717) is 6.42 Å². The minimum absolute atomic E-state index is 0.435. The van der Waals surface area contributed by atoms with Crippen molar-refractivity contribution < 1.29 is 5.11 Å². The molecule has 19 heavy (non-hydrogen) atoms. The zero-order chi connectivity index (χ0) is 13.2. The molecule has 1 nitrogen and oxygen atoms in total. The maximum atomic E-state index is 10.3. The third-order valence-electron chi connectivity index (χ3n) is 3.23. The molecule has 0 radical (unpaired) electrons. The highest BCUT2D eigenvalue weighted by Gasteiger charge is 2.11. The van der Waals surface area contributed by atoms with Crippen LogP contribution in [0.2, 0.25) is 0 Å². The fourth-order valence-electron chi connectivity index (χ4n) is 2.20. The summed E-state index contributed by atoms with van der Waals surface area (Å²) in [6.45, 7) is 0. The van der Waals surface area contributed by atoms with Crippen LogP contribution >= 0.6 is 33.9 Å². The van der Waals surface area contributed by atoms with Gasteiger partial charge in [0.1, 0.15) is 0 Å². The van der Waals surface area contributed by atoms with Crippen LogP contribution in [0.1, 0.15) is 17.2 Å². The molecule has 0 aliphatic heterocycles. The third kappa shape index (κ3) is 2.83. The van der Waals surface area contributed by atoms with E-state index < -0.39 is 6.10 Å².